The molecule has 1 amide bonds. The first-order valence-electron chi connectivity index (χ1n) is 5.06. The minimum absolute atomic E-state index is 0.0378. The average Bonchev–Trinajstić information content (AvgIpc) is 2.63. The molecule has 7 heteroatoms. The third-order valence-corrected chi connectivity index (χ3v) is 1.94. The van der Waals surface area contributed by atoms with Gasteiger partial charge in [-0.25, -0.2) is 4.79 Å². The molecule has 1 aromatic heterocycles. The molecule has 0 fully saturated rings. The van der Waals surface area contributed by atoms with Crippen molar-refractivity contribution in [2.45, 2.75) is 26.4 Å². The highest BCUT2D eigenvalue weighted by Gasteiger charge is 2.12. The smallest absolute Gasteiger partial charge is 0.332 e. The number of rotatable bonds is 6. The van der Waals surface area contributed by atoms with Crippen molar-refractivity contribution >= 4 is 17.7 Å². The first kappa shape index (κ1) is 13.2. The van der Waals surface area contributed by atoms with Crippen molar-refractivity contribution in [2.24, 2.45) is 0 Å². The van der Waals surface area contributed by atoms with E-state index in [4.69, 9.17) is 14.4 Å². The Hall–Kier alpha value is -1.89. The van der Waals surface area contributed by atoms with Crippen LogP contribution in [0.5, 0.6) is 0 Å². The second kappa shape index (κ2) is 6.00. The van der Waals surface area contributed by atoms with E-state index in [0.29, 0.717) is 11.6 Å². The molecule has 1 aromatic rings. The zero-order valence-corrected chi connectivity index (χ0v) is 9.60. The zero-order valence-electron chi connectivity index (χ0n) is 9.60. The highest BCUT2D eigenvalue weighted by Crippen LogP contribution is 2.07. The maximum atomic E-state index is 11.4. The van der Waals surface area contributed by atoms with Gasteiger partial charge in [0, 0.05) is 6.07 Å². The molecule has 0 aliphatic rings. The molecule has 0 aliphatic heterocycles. The summed E-state index contributed by atoms with van der Waals surface area (Å²) in [6.07, 6.45) is -0.860. The highest BCUT2D eigenvalue weighted by molar-refractivity contribution is 5.89. The van der Waals surface area contributed by atoms with E-state index in [1.165, 1.54) is 6.92 Å². The van der Waals surface area contributed by atoms with Gasteiger partial charge in [0.25, 0.3) is 0 Å². The van der Waals surface area contributed by atoms with Crippen molar-refractivity contribution in [2.75, 3.05) is 11.9 Å². The Morgan fingerprint density at radius 1 is 1.65 bits per heavy atom. The number of aliphatic carboxylic acids is 1. The predicted molar refractivity (Wildman–Crippen MR) is 57.5 cm³/mol. The first-order chi connectivity index (χ1) is 7.99. The normalized spacial score (nSPS) is 12.1. The molecule has 2 N–H and O–H groups in total. The topological polar surface area (TPSA) is 102 Å². The molecule has 0 saturated carbocycles. The summed E-state index contributed by atoms with van der Waals surface area (Å²) >= 11 is 0. The zero-order chi connectivity index (χ0) is 12.8. The van der Waals surface area contributed by atoms with Gasteiger partial charge in [0.1, 0.15) is 5.76 Å². The minimum atomic E-state index is -1.06. The number of hydrogen-bond acceptors (Lipinski definition) is 5. The van der Waals surface area contributed by atoms with Gasteiger partial charge in [0.15, 0.2) is 11.9 Å². The van der Waals surface area contributed by atoms with Gasteiger partial charge in [-0.3, -0.25) is 4.79 Å². The number of amides is 1. The standard InChI is InChI=1S/C10H14N2O5/c1-6-5-8(12-17-6)11-9(13)3-4-16-7(2)10(14)15/h5,7H,3-4H2,1-2H3,(H,14,15)(H,11,12,13)/t7-/m0/s1. The molecular weight excluding hydrogens is 228 g/mol. The number of anilines is 1. The number of nitrogens with zero attached hydrogens (tertiary/aromatic N) is 1. The van der Waals surface area contributed by atoms with Crippen molar-refractivity contribution < 1.29 is 24.0 Å². The fraction of sp³-hybridized carbons (Fsp3) is 0.500. The number of aryl methyl sites for hydroxylation is 1. The minimum Gasteiger partial charge on any atom is -0.479 e. The molecule has 0 bridgehead atoms. The number of nitrogens with one attached hydrogen (secondary N) is 1. The van der Waals surface area contributed by atoms with E-state index < -0.39 is 12.1 Å². The summed E-state index contributed by atoms with van der Waals surface area (Å²) in [6, 6.07) is 1.58. The lowest BCUT2D eigenvalue weighted by Gasteiger charge is -2.07. The predicted octanol–water partition coefficient (Wildman–Crippen LogP) is 0.801. The Morgan fingerprint density at radius 2 is 2.35 bits per heavy atom. The van der Waals surface area contributed by atoms with Gasteiger partial charge in [-0.2, -0.15) is 0 Å². The van der Waals surface area contributed by atoms with Gasteiger partial charge in [0.05, 0.1) is 13.0 Å². The third-order valence-electron chi connectivity index (χ3n) is 1.94. The van der Waals surface area contributed by atoms with Crippen LogP contribution < -0.4 is 5.32 Å². The fourth-order valence-electron chi connectivity index (χ4n) is 1.03. The second-order valence-electron chi connectivity index (χ2n) is 3.47. The molecule has 0 radical (unpaired) electrons. The molecule has 94 valence electrons. The number of carbonyl (C=O) groups excluding carboxylic acids is 1. The van der Waals surface area contributed by atoms with Gasteiger partial charge in [-0.1, -0.05) is 5.16 Å². The van der Waals surface area contributed by atoms with Crippen LogP contribution in [0.15, 0.2) is 10.6 Å². The van der Waals surface area contributed by atoms with Crippen molar-refractivity contribution in [3.63, 3.8) is 0 Å². The number of hydrogen-bond donors (Lipinski definition) is 2. The van der Waals surface area contributed by atoms with Crippen LogP contribution in [0.2, 0.25) is 0 Å². The Bertz CT molecular complexity index is 401. The summed E-state index contributed by atoms with van der Waals surface area (Å²) in [6.45, 7) is 3.15. The molecule has 0 spiro atoms. The molecule has 0 aliphatic carbocycles. The lowest BCUT2D eigenvalue weighted by molar-refractivity contribution is -0.149. The summed E-state index contributed by atoms with van der Waals surface area (Å²) in [7, 11) is 0. The summed E-state index contributed by atoms with van der Waals surface area (Å²) < 4.78 is 9.68. The molecule has 17 heavy (non-hydrogen) atoms. The summed E-state index contributed by atoms with van der Waals surface area (Å²) in [5, 5.41) is 14.6. The quantitative estimate of drug-likeness (QED) is 0.765. The van der Waals surface area contributed by atoms with Crippen LogP contribution in [-0.2, 0) is 14.3 Å². The molecule has 0 aromatic carbocycles. The van der Waals surface area contributed by atoms with Crippen LogP contribution in [0.4, 0.5) is 5.82 Å². The largest absolute Gasteiger partial charge is 0.479 e. The van der Waals surface area contributed by atoms with E-state index in [1.807, 2.05) is 0 Å². The summed E-state index contributed by atoms with van der Waals surface area (Å²) in [5.41, 5.74) is 0. The van der Waals surface area contributed by atoms with E-state index in [-0.39, 0.29) is 18.9 Å². The van der Waals surface area contributed by atoms with Crippen molar-refractivity contribution in [1.29, 1.82) is 0 Å². The summed E-state index contributed by atoms with van der Waals surface area (Å²) in [5.74, 6) is -0.441. The van der Waals surface area contributed by atoms with E-state index in [1.54, 1.807) is 13.0 Å². The van der Waals surface area contributed by atoms with Gasteiger partial charge in [0.2, 0.25) is 5.91 Å². The van der Waals surface area contributed by atoms with E-state index in [0.717, 1.165) is 0 Å². The van der Waals surface area contributed by atoms with Crippen LogP contribution >= 0.6 is 0 Å². The van der Waals surface area contributed by atoms with Crippen molar-refractivity contribution in [3.05, 3.63) is 11.8 Å². The Morgan fingerprint density at radius 3 is 2.88 bits per heavy atom. The molecular formula is C10H14N2O5. The van der Waals surface area contributed by atoms with E-state index in [9.17, 15) is 9.59 Å². The van der Waals surface area contributed by atoms with Crippen molar-refractivity contribution in [3.8, 4) is 0 Å². The molecule has 0 unspecified atom stereocenters. The molecule has 1 heterocycles. The van der Waals surface area contributed by atoms with Crippen LogP contribution in [0, 0.1) is 6.92 Å². The Labute approximate surface area is 97.7 Å². The highest BCUT2D eigenvalue weighted by atomic mass is 16.5. The number of carboxylic acids is 1. The van der Waals surface area contributed by atoms with Crippen LogP contribution in [-0.4, -0.2) is 34.9 Å². The summed E-state index contributed by atoms with van der Waals surface area (Å²) in [4.78, 5) is 21.8. The lowest BCUT2D eigenvalue weighted by Crippen LogP contribution is -2.22. The molecule has 0 saturated heterocycles. The van der Waals surface area contributed by atoms with Crippen LogP contribution in [0.3, 0.4) is 0 Å². The Balaban J connectivity index is 2.24. The van der Waals surface area contributed by atoms with Gasteiger partial charge in [-0.05, 0) is 13.8 Å². The van der Waals surface area contributed by atoms with E-state index >= 15 is 0 Å². The number of ether oxygens (including phenoxy) is 1. The van der Waals surface area contributed by atoms with Gasteiger partial charge >= 0.3 is 5.97 Å². The van der Waals surface area contributed by atoms with E-state index in [2.05, 4.69) is 10.5 Å². The second-order valence-corrected chi connectivity index (χ2v) is 3.47. The fourth-order valence-corrected chi connectivity index (χ4v) is 1.03. The maximum Gasteiger partial charge on any atom is 0.332 e. The first-order valence-corrected chi connectivity index (χ1v) is 5.06. The SMILES string of the molecule is Cc1cc(NC(=O)CCO[C@@H](C)C(=O)O)no1. The average molecular weight is 242 g/mol. The van der Waals surface area contributed by atoms with Gasteiger partial charge in [-0.15, -0.1) is 0 Å². The monoisotopic (exact) mass is 242 g/mol. The Kier molecular flexibility index (Phi) is 4.65. The lowest BCUT2D eigenvalue weighted by atomic mass is 10.4. The number of aromatic nitrogens is 1. The number of carbonyl (C=O) groups is 2. The van der Waals surface area contributed by atoms with Crippen LogP contribution in [0.1, 0.15) is 19.1 Å². The van der Waals surface area contributed by atoms with Gasteiger partial charge < -0.3 is 19.7 Å². The third kappa shape index (κ3) is 4.64. The molecule has 1 atom stereocenters. The molecule has 7 nitrogen and oxygen atoms in total. The number of carboxylic acid groups (broad SMARTS) is 1. The molecule has 1 rings (SSSR count). The maximum absolute atomic E-state index is 11.4. The van der Waals surface area contributed by atoms with Crippen molar-refractivity contribution in [1.82, 2.24) is 5.16 Å². The van der Waals surface area contributed by atoms with Crippen LogP contribution in [0.25, 0.3) is 0 Å².